The number of fused-ring (bicyclic) bond motifs is 1. The van der Waals surface area contributed by atoms with Crippen molar-refractivity contribution in [3.05, 3.63) is 12.2 Å². The van der Waals surface area contributed by atoms with Crippen LogP contribution in [0.4, 0.5) is 0 Å². The van der Waals surface area contributed by atoms with E-state index in [2.05, 4.69) is 6.58 Å². The van der Waals surface area contributed by atoms with Gasteiger partial charge < -0.3 is 28.4 Å². The average Bonchev–Trinajstić information content (AvgIpc) is 3.01. The van der Waals surface area contributed by atoms with Crippen LogP contribution in [0.2, 0.25) is 0 Å². The van der Waals surface area contributed by atoms with Gasteiger partial charge in [-0.25, -0.2) is 4.79 Å². The van der Waals surface area contributed by atoms with Gasteiger partial charge in [-0.15, -0.1) is 0 Å². The maximum absolute atomic E-state index is 11.8. The fourth-order valence-electron chi connectivity index (χ4n) is 3.16. The summed E-state index contributed by atoms with van der Waals surface area (Å²) in [5.74, 6) is -3.24. The van der Waals surface area contributed by atoms with Crippen LogP contribution in [0, 0.1) is 0 Å². The number of rotatable bonds is 3. The minimum atomic E-state index is -1.16. The molecule has 3 aliphatic rings. The molecule has 4 unspecified atom stereocenters. The topological polar surface area (TPSA) is 72.5 Å². The molecule has 0 aromatic heterocycles. The molecule has 3 saturated heterocycles. The molecule has 23 heavy (non-hydrogen) atoms. The van der Waals surface area contributed by atoms with E-state index in [4.69, 9.17) is 28.4 Å². The van der Waals surface area contributed by atoms with E-state index in [1.165, 1.54) is 0 Å². The van der Waals surface area contributed by atoms with Gasteiger partial charge in [-0.1, -0.05) is 6.58 Å². The Kier molecular flexibility index (Phi) is 3.85. The van der Waals surface area contributed by atoms with Gasteiger partial charge in [-0.3, -0.25) is 0 Å². The highest BCUT2D eigenvalue weighted by atomic mass is 16.9. The molecule has 0 aliphatic carbocycles. The van der Waals surface area contributed by atoms with Crippen molar-refractivity contribution in [2.45, 2.75) is 70.3 Å². The molecule has 0 radical (unpaired) electrons. The van der Waals surface area contributed by atoms with E-state index in [1.807, 2.05) is 13.8 Å². The number of carbonyl (C=O) groups excluding carboxylic acids is 1. The molecule has 0 bridgehead atoms. The number of carbonyl (C=O) groups is 1. The zero-order valence-electron chi connectivity index (χ0n) is 14.2. The molecule has 130 valence electrons. The van der Waals surface area contributed by atoms with Gasteiger partial charge in [0.25, 0.3) is 0 Å². The summed E-state index contributed by atoms with van der Waals surface area (Å²) in [5.41, 5.74) is 0.322. The summed E-state index contributed by atoms with van der Waals surface area (Å²) in [6, 6.07) is 0. The molecular formula is C16H24O7. The third kappa shape index (κ3) is 2.92. The highest BCUT2D eigenvalue weighted by Crippen LogP contribution is 2.49. The lowest BCUT2D eigenvalue weighted by Gasteiger charge is -2.32. The Hall–Kier alpha value is -0.990. The van der Waals surface area contributed by atoms with Gasteiger partial charge in [-0.2, -0.15) is 0 Å². The van der Waals surface area contributed by atoms with Gasteiger partial charge in [0.15, 0.2) is 23.8 Å². The molecule has 4 atom stereocenters. The van der Waals surface area contributed by atoms with Crippen LogP contribution in [-0.4, -0.2) is 54.9 Å². The first-order chi connectivity index (χ1) is 10.5. The Morgan fingerprint density at radius 3 is 2.35 bits per heavy atom. The summed E-state index contributed by atoms with van der Waals surface area (Å²) in [6.07, 6.45) is -1.66. The van der Waals surface area contributed by atoms with Crippen molar-refractivity contribution >= 4 is 5.97 Å². The van der Waals surface area contributed by atoms with Gasteiger partial charge in [0, 0.05) is 5.57 Å². The summed E-state index contributed by atoms with van der Waals surface area (Å²) in [6.45, 7) is 12.9. The molecular weight excluding hydrogens is 304 g/mol. The highest BCUT2D eigenvalue weighted by Gasteiger charge is 2.68. The Balaban J connectivity index is 1.83. The van der Waals surface area contributed by atoms with Gasteiger partial charge in [-0.05, 0) is 34.6 Å². The van der Waals surface area contributed by atoms with Crippen LogP contribution in [0.25, 0.3) is 0 Å². The molecule has 0 aromatic rings. The normalized spacial score (nSPS) is 40.8. The van der Waals surface area contributed by atoms with Crippen molar-refractivity contribution in [3.63, 3.8) is 0 Å². The van der Waals surface area contributed by atoms with E-state index in [-0.39, 0.29) is 6.61 Å². The molecule has 3 heterocycles. The molecule has 0 spiro atoms. The second kappa shape index (κ2) is 5.26. The summed E-state index contributed by atoms with van der Waals surface area (Å²) in [7, 11) is 0. The van der Waals surface area contributed by atoms with E-state index in [1.54, 1.807) is 20.8 Å². The minimum Gasteiger partial charge on any atom is -0.454 e. The minimum absolute atomic E-state index is 0.167. The molecule has 7 nitrogen and oxygen atoms in total. The summed E-state index contributed by atoms with van der Waals surface area (Å²) < 4.78 is 34.9. The number of hydrogen-bond donors (Lipinski definition) is 0. The van der Waals surface area contributed by atoms with E-state index < -0.39 is 41.6 Å². The Labute approximate surface area is 135 Å². The van der Waals surface area contributed by atoms with E-state index in [0.29, 0.717) is 12.2 Å². The number of ether oxygens (including phenoxy) is 6. The third-order valence-electron chi connectivity index (χ3n) is 4.09. The van der Waals surface area contributed by atoms with Crippen LogP contribution in [0.3, 0.4) is 0 Å². The fourth-order valence-corrected chi connectivity index (χ4v) is 3.16. The first-order valence-corrected chi connectivity index (χ1v) is 7.75. The van der Waals surface area contributed by atoms with Gasteiger partial charge >= 0.3 is 5.97 Å². The standard InChI is InChI=1S/C16H24O7/c1-9(2)13(17)20-10-7-19-16(11-8-18-14(3,4)21-11)12(10)22-15(5,6)23-16/h10-12H,1,7-8H2,2-6H3. The van der Waals surface area contributed by atoms with Gasteiger partial charge in [0.2, 0.25) is 5.79 Å². The predicted octanol–water partition coefficient (Wildman–Crippen LogP) is 1.50. The first kappa shape index (κ1) is 16.9. The molecule has 0 N–H and O–H groups in total. The SMILES string of the molecule is C=C(C)C(=O)OC1COC2(C3COC(C)(C)O3)OC(C)(C)OC12. The molecule has 0 amide bonds. The Bertz CT molecular complexity index is 527. The summed E-state index contributed by atoms with van der Waals surface area (Å²) >= 11 is 0. The highest BCUT2D eigenvalue weighted by molar-refractivity contribution is 5.87. The van der Waals surface area contributed by atoms with Crippen LogP contribution in [0.5, 0.6) is 0 Å². The monoisotopic (exact) mass is 328 g/mol. The quantitative estimate of drug-likeness (QED) is 0.574. The fraction of sp³-hybridized carbons (Fsp3) is 0.812. The second-order valence-electron chi connectivity index (χ2n) is 7.11. The molecule has 0 saturated carbocycles. The lowest BCUT2D eigenvalue weighted by molar-refractivity contribution is -0.290. The number of esters is 1. The van der Waals surface area contributed by atoms with Crippen molar-refractivity contribution < 1.29 is 33.2 Å². The van der Waals surface area contributed by atoms with Crippen molar-refractivity contribution in [1.82, 2.24) is 0 Å². The zero-order valence-corrected chi connectivity index (χ0v) is 14.2. The van der Waals surface area contributed by atoms with Crippen LogP contribution < -0.4 is 0 Å². The van der Waals surface area contributed by atoms with E-state index >= 15 is 0 Å². The molecule has 3 aliphatic heterocycles. The lowest BCUT2D eigenvalue weighted by atomic mass is 10.0. The summed E-state index contributed by atoms with van der Waals surface area (Å²) in [5, 5.41) is 0. The van der Waals surface area contributed by atoms with Crippen LogP contribution in [-0.2, 0) is 33.2 Å². The molecule has 7 heteroatoms. The lowest BCUT2D eigenvalue weighted by Crippen LogP contribution is -2.52. The predicted molar refractivity (Wildman–Crippen MR) is 78.3 cm³/mol. The van der Waals surface area contributed by atoms with Crippen molar-refractivity contribution in [2.24, 2.45) is 0 Å². The summed E-state index contributed by atoms with van der Waals surface area (Å²) in [4.78, 5) is 11.8. The second-order valence-corrected chi connectivity index (χ2v) is 7.11. The number of hydrogen-bond acceptors (Lipinski definition) is 7. The van der Waals surface area contributed by atoms with E-state index in [0.717, 1.165) is 0 Å². The third-order valence-corrected chi connectivity index (χ3v) is 4.09. The smallest absolute Gasteiger partial charge is 0.333 e. The van der Waals surface area contributed by atoms with Gasteiger partial charge in [0.05, 0.1) is 13.2 Å². The Morgan fingerprint density at radius 1 is 1.09 bits per heavy atom. The maximum Gasteiger partial charge on any atom is 0.333 e. The molecule has 3 fully saturated rings. The zero-order chi connectivity index (χ0) is 17.0. The van der Waals surface area contributed by atoms with E-state index in [9.17, 15) is 4.79 Å². The largest absolute Gasteiger partial charge is 0.454 e. The van der Waals surface area contributed by atoms with Crippen molar-refractivity contribution in [1.29, 1.82) is 0 Å². The van der Waals surface area contributed by atoms with Crippen molar-refractivity contribution in [3.8, 4) is 0 Å². The van der Waals surface area contributed by atoms with Gasteiger partial charge in [0.1, 0.15) is 6.10 Å². The molecule has 0 aromatic carbocycles. The maximum atomic E-state index is 11.8. The molecule has 3 rings (SSSR count). The first-order valence-electron chi connectivity index (χ1n) is 7.75. The van der Waals surface area contributed by atoms with Crippen LogP contribution in [0.1, 0.15) is 34.6 Å². The van der Waals surface area contributed by atoms with Crippen molar-refractivity contribution in [2.75, 3.05) is 13.2 Å². The van der Waals surface area contributed by atoms with Crippen LogP contribution >= 0.6 is 0 Å². The Morgan fingerprint density at radius 2 is 1.78 bits per heavy atom. The average molecular weight is 328 g/mol. The van der Waals surface area contributed by atoms with Crippen LogP contribution in [0.15, 0.2) is 12.2 Å².